The Labute approximate surface area is 104 Å². The molecule has 1 fully saturated rings. The smallest absolute Gasteiger partial charge is 0.339 e. The molecule has 0 aromatic heterocycles. The van der Waals surface area contributed by atoms with Gasteiger partial charge in [-0.05, 0) is 37.5 Å². The number of aromatic carboxylic acids is 1. The molecule has 0 heterocycles. The summed E-state index contributed by atoms with van der Waals surface area (Å²) < 4.78 is 0. The lowest BCUT2D eigenvalue weighted by Gasteiger charge is -2.26. The lowest BCUT2D eigenvalue weighted by Crippen LogP contribution is -2.41. The van der Waals surface area contributed by atoms with E-state index in [0.29, 0.717) is 5.69 Å². The molecular formula is C12H14N2O4. The van der Waals surface area contributed by atoms with Crippen molar-refractivity contribution in [2.24, 2.45) is 0 Å². The van der Waals surface area contributed by atoms with Gasteiger partial charge in [0.2, 0.25) is 0 Å². The summed E-state index contributed by atoms with van der Waals surface area (Å²) in [5, 5.41) is 23.5. The van der Waals surface area contributed by atoms with Crippen LogP contribution in [0.1, 0.15) is 29.6 Å². The maximum atomic E-state index is 11.5. The highest BCUT2D eigenvalue weighted by Crippen LogP contribution is 2.22. The molecule has 96 valence electrons. The first kappa shape index (κ1) is 12.2. The van der Waals surface area contributed by atoms with Crippen molar-refractivity contribution in [2.45, 2.75) is 25.3 Å². The van der Waals surface area contributed by atoms with Gasteiger partial charge in [0.05, 0.1) is 0 Å². The van der Waals surface area contributed by atoms with Crippen LogP contribution in [0.2, 0.25) is 0 Å². The molecule has 1 aromatic carbocycles. The van der Waals surface area contributed by atoms with E-state index in [9.17, 15) is 14.7 Å². The van der Waals surface area contributed by atoms with E-state index < -0.39 is 5.97 Å². The summed E-state index contributed by atoms with van der Waals surface area (Å²) in [4.78, 5) is 22.4. The molecule has 0 atom stereocenters. The number of carbonyl (C=O) groups excluding carboxylic acids is 1. The summed E-state index contributed by atoms with van der Waals surface area (Å²) >= 11 is 0. The minimum Gasteiger partial charge on any atom is -0.507 e. The number of rotatable bonds is 3. The summed E-state index contributed by atoms with van der Waals surface area (Å²) in [5.74, 6) is -1.57. The Balaban J connectivity index is 2.02. The van der Waals surface area contributed by atoms with Gasteiger partial charge < -0.3 is 20.8 Å². The van der Waals surface area contributed by atoms with Crippen LogP contribution in [0.4, 0.5) is 10.5 Å². The summed E-state index contributed by atoms with van der Waals surface area (Å²) in [5.41, 5.74) is 0.0958. The topological polar surface area (TPSA) is 98.7 Å². The third-order valence-electron chi connectivity index (χ3n) is 2.93. The molecule has 4 N–H and O–H groups in total. The third-order valence-corrected chi connectivity index (χ3v) is 2.93. The molecule has 0 spiro atoms. The van der Waals surface area contributed by atoms with E-state index in [4.69, 9.17) is 5.11 Å². The Kier molecular flexibility index (Phi) is 3.36. The Morgan fingerprint density at radius 1 is 1.28 bits per heavy atom. The van der Waals surface area contributed by atoms with Crippen molar-refractivity contribution in [3.05, 3.63) is 23.8 Å². The van der Waals surface area contributed by atoms with Crippen molar-refractivity contribution in [1.29, 1.82) is 0 Å². The molecule has 1 aliphatic carbocycles. The van der Waals surface area contributed by atoms with E-state index in [1.807, 2.05) is 0 Å². The third kappa shape index (κ3) is 2.71. The molecule has 1 saturated carbocycles. The van der Waals surface area contributed by atoms with Gasteiger partial charge in [0.15, 0.2) is 0 Å². The number of anilines is 1. The minimum absolute atomic E-state index is 0.209. The second-order valence-corrected chi connectivity index (χ2v) is 4.26. The highest BCUT2D eigenvalue weighted by molar-refractivity contribution is 5.95. The van der Waals surface area contributed by atoms with E-state index >= 15 is 0 Å². The van der Waals surface area contributed by atoms with Gasteiger partial charge in [0.25, 0.3) is 0 Å². The largest absolute Gasteiger partial charge is 0.507 e. The van der Waals surface area contributed by atoms with E-state index in [1.165, 1.54) is 18.2 Å². The van der Waals surface area contributed by atoms with Crippen LogP contribution in [-0.4, -0.2) is 28.3 Å². The Morgan fingerprint density at radius 3 is 2.56 bits per heavy atom. The monoisotopic (exact) mass is 250 g/mol. The molecule has 6 nitrogen and oxygen atoms in total. The van der Waals surface area contributed by atoms with Crippen LogP contribution in [0.15, 0.2) is 18.2 Å². The van der Waals surface area contributed by atoms with Crippen LogP contribution in [0.25, 0.3) is 0 Å². The normalized spacial score (nSPS) is 14.7. The van der Waals surface area contributed by atoms with E-state index in [-0.39, 0.29) is 23.4 Å². The first-order valence-electron chi connectivity index (χ1n) is 5.70. The molecule has 0 aliphatic heterocycles. The molecular weight excluding hydrogens is 236 g/mol. The van der Waals surface area contributed by atoms with Gasteiger partial charge in [-0.25, -0.2) is 9.59 Å². The van der Waals surface area contributed by atoms with Crippen molar-refractivity contribution >= 4 is 17.7 Å². The van der Waals surface area contributed by atoms with Gasteiger partial charge in [-0.1, -0.05) is 0 Å². The van der Waals surface area contributed by atoms with Gasteiger partial charge in [-0.2, -0.15) is 0 Å². The summed E-state index contributed by atoms with van der Waals surface area (Å²) in [6.45, 7) is 0. The molecule has 0 bridgehead atoms. The van der Waals surface area contributed by atoms with E-state index in [1.54, 1.807) is 0 Å². The van der Waals surface area contributed by atoms with Gasteiger partial charge in [-0.15, -0.1) is 0 Å². The van der Waals surface area contributed by atoms with Gasteiger partial charge >= 0.3 is 12.0 Å². The lowest BCUT2D eigenvalue weighted by molar-refractivity contribution is 0.0693. The number of benzene rings is 1. The SMILES string of the molecule is O=C(Nc1ccc(O)c(C(=O)O)c1)NC1CCC1. The van der Waals surface area contributed by atoms with Crippen molar-refractivity contribution in [1.82, 2.24) is 5.32 Å². The quantitative estimate of drug-likeness (QED) is 0.614. The molecule has 2 rings (SSSR count). The van der Waals surface area contributed by atoms with Crippen LogP contribution in [-0.2, 0) is 0 Å². The van der Waals surface area contributed by atoms with Crippen LogP contribution in [0.3, 0.4) is 0 Å². The van der Waals surface area contributed by atoms with Gasteiger partial charge in [0, 0.05) is 11.7 Å². The van der Waals surface area contributed by atoms with E-state index in [2.05, 4.69) is 10.6 Å². The highest BCUT2D eigenvalue weighted by atomic mass is 16.4. The number of amides is 2. The highest BCUT2D eigenvalue weighted by Gasteiger charge is 2.19. The molecule has 18 heavy (non-hydrogen) atoms. The number of hydrogen-bond acceptors (Lipinski definition) is 3. The Bertz CT molecular complexity index is 483. The standard InChI is InChI=1S/C12H14N2O4/c15-10-5-4-8(6-9(10)11(16)17)14-12(18)13-7-2-1-3-7/h4-7,15H,1-3H2,(H,16,17)(H2,13,14,18). The zero-order valence-electron chi connectivity index (χ0n) is 9.64. The number of urea groups is 1. The molecule has 1 aliphatic rings. The number of aromatic hydroxyl groups is 1. The second-order valence-electron chi connectivity index (χ2n) is 4.26. The molecule has 6 heteroatoms. The fraction of sp³-hybridized carbons (Fsp3) is 0.333. The maximum Gasteiger partial charge on any atom is 0.339 e. The molecule has 2 amide bonds. The molecule has 0 unspecified atom stereocenters. The Morgan fingerprint density at radius 2 is 2.00 bits per heavy atom. The predicted molar refractivity (Wildman–Crippen MR) is 64.9 cm³/mol. The summed E-state index contributed by atoms with van der Waals surface area (Å²) in [6, 6.07) is 3.76. The number of carbonyl (C=O) groups is 2. The second kappa shape index (κ2) is 4.95. The fourth-order valence-corrected chi connectivity index (χ4v) is 1.69. The summed E-state index contributed by atoms with van der Waals surface area (Å²) in [7, 11) is 0. The predicted octanol–water partition coefficient (Wildman–Crippen LogP) is 1.76. The van der Waals surface area contributed by atoms with Crippen molar-refractivity contribution in [3.8, 4) is 5.75 Å². The van der Waals surface area contributed by atoms with Crippen LogP contribution >= 0.6 is 0 Å². The lowest BCUT2D eigenvalue weighted by atomic mass is 9.93. The number of nitrogens with one attached hydrogen (secondary N) is 2. The maximum absolute atomic E-state index is 11.5. The number of phenols is 1. The Hall–Kier alpha value is -2.24. The van der Waals surface area contributed by atoms with Crippen LogP contribution in [0.5, 0.6) is 5.75 Å². The molecule has 0 saturated heterocycles. The van der Waals surface area contributed by atoms with E-state index in [0.717, 1.165) is 19.3 Å². The molecule has 0 radical (unpaired) electrons. The first-order valence-corrected chi connectivity index (χ1v) is 5.70. The molecule has 1 aromatic rings. The van der Waals surface area contributed by atoms with Crippen molar-refractivity contribution in [3.63, 3.8) is 0 Å². The van der Waals surface area contributed by atoms with Gasteiger partial charge in [0.1, 0.15) is 11.3 Å². The van der Waals surface area contributed by atoms with Gasteiger partial charge in [-0.3, -0.25) is 0 Å². The van der Waals surface area contributed by atoms with Crippen molar-refractivity contribution in [2.75, 3.05) is 5.32 Å². The average molecular weight is 250 g/mol. The first-order chi connectivity index (χ1) is 8.56. The number of carboxylic acid groups (broad SMARTS) is 1. The van der Waals surface area contributed by atoms with Crippen LogP contribution in [0, 0.1) is 0 Å². The fourth-order valence-electron chi connectivity index (χ4n) is 1.69. The van der Waals surface area contributed by atoms with Crippen LogP contribution < -0.4 is 10.6 Å². The number of carboxylic acids is 1. The zero-order valence-corrected chi connectivity index (χ0v) is 9.64. The number of hydrogen-bond donors (Lipinski definition) is 4. The summed E-state index contributed by atoms with van der Waals surface area (Å²) in [6.07, 6.45) is 3.07. The average Bonchev–Trinajstić information content (AvgIpc) is 2.26. The zero-order chi connectivity index (χ0) is 13.1. The minimum atomic E-state index is -1.24. The van der Waals surface area contributed by atoms with Crippen molar-refractivity contribution < 1.29 is 19.8 Å².